The van der Waals surface area contributed by atoms with Gasteiger partial charge in [-0.3, -0.25) is 4.79 Å². The highest BCUT2D eigenvalue weighted by Gasteiger charge is 2.24. The number of carbonyl (C=O) groups is 1. The molecule has 2 aliphatic rings. The minimum Gasteiger partial charge on any atom is -0.393 e. The van der Waals surface area contributed by atoms with Crippen LogP contribution in [0.4, 0.5) is 5.82 Å². The Labute approximate surface area is 161 Å². The molecule has 0 spiro atoms. The molecule has 7 nitrogen and oxygen atoms in total. The highest BCUT2D eigenvalue weighted by molar-refractivity contribution is 5.97. The van der Waals surface area contributed by atoms with Crippen molar-refractivity contribution >= 4 is 11.7 Å². The normalized spacial score (nSPS) is 29.1. The Morgan fingerprint density at radius 3 is 2.81 bits per heavy atom. The van der Waals surface area contributed by atoms with Crippen molar-refractivity contribution in [1.82, 2.24) is 9.97 Å². The van der Waals surface area contributed by atoms with E-state index < -0.39 is 5.91 Å². The lowest BCUT2D eigenvalue weighted by molar-refractivity contribution is 0.0890. The molecule has 0 saturated heterocycles. The minimum absolute atomic E-state index is 0.106. The summed E-state index contributed by atoms with van der Waals surface area (Å²) in [5.41, 5.74) is 5.83. The molecule has 0 unspecified atom stereocenters. The Morgan fingerprint density at radius 2 is 2.07 bits per heavy atom. The lowest BCUT2D eigenvalue weighted by Gasteiger charge is -2.27. The van der Waals surface area contributed by atoms with Crippen LogP contribution in [0.25, 0.3) is 0 Å². The summed E-state index contributed by atoms with van der Waals surface area (Å²) < 4.78 is 5.51. The van der Waals surface area contributed by atoms with Crippen LogP contribution in [0.2, 0.25) is 0 Å². The number of nitrogens with one attached hydrogen (secondary N) is 1. The predicted octanol–water partition coefficient (Wildman–Crippen LogP) is 2.43. The molecule has 1 amide bonds. The molecule has 150 valence electrons. The van der Waals surface area contributed by atoms with Crippen molar-refractivity contribution in [3.8, 4) is 0 Å². The molecule has 2 fully saturated rings. The number of aromatic nitrogens is 2. The summed E-state index contributed by atoms with van der Waals surface area (Å²) in [6.07, 6.45) is 11.4. The van der Waals surface area contributed by atoms with Gasteiger partial charge in [-0.1, -0.05) is 6.42 Å². The average Bonchev–Trinajstić information content (AvgIpc) is 2.87. The first-order valence-corrected chi connectivity index (χ1v) is 10.2. The number of nitrogens with two attached hydrogens (primary N) is 1. The number of ether oxygens (including phenoxy) is 1. The third-order valence-electron chi connectivity index (χ3n) is 5.93. The van der Waals surface area contributed by atoms with Crippen LogP contribution in [-0.4, -0.2) is 46.3 Å². The molecule has 0 aliphatic heterocycles. The van der Waals surface area contributed by atoms with Gasteiger partial charge in [0.2, 0.25) is 0 Å². The number of amides is 1. The summed E-state index contributed by atoms with van der Waals surface area (Å²) in [6.45, 7) is 0. The number of carbonyl (C=O) groups excluding carboxylic acids is 1. The molecule has 27 heavy (non-hydrogen) atoms. The molecule has 2 saturated carbocycles. The zero-order chi connectivity index (χ0) is 19.2. The van der Waals surface area contributed by atoms with Crippen LogP contribution < -0.4 is 11.1 Å². The Morgan fingerprint density at radius 1 is 1.26 bits per heavy atom. The van der Waals surface area contributed by atoms with E-state index in [2.05, 4.69) is 15.3 Å². The van der Waals surface area contributed by atoms with Gasteiger partial charge < -0.3 is 20.9 Å². The number of aliphatic hydroxyl groups is 1. The van der Waals surface area contributed by atoms with E-state index in [1.54, 1.807) is 13.3 Å². The maximum atomic E-state index is 11.8. The fraction of sp³-hybridized carbons (Fsp3) is 0.750. The SMILES string of the molecule is CO[C@@H]1CCC[C@@H](Cc2ncc(C(N)=O)c(N[C@@H]3CCC[C@H](O)C3)n2)CC1. The number of methoxy groups -OCH3 is 1. The van der Waals surface area contributed by atoms with Crippen molar-refractivity contribution in [2.75, 3.05) is 12.4 Å². The van der Waals surface area contributed by atoms with Crippen molar-refractivity contribution in [1.29, 1.82) is 0 Å². The molecule has 4 N–H and O–H groups in total. The van der Waals surface area contributed by atoms with Gasteiger partial charge in [-0.15, -0.1) is 0 Å². The lowest BCUT2D eigenvalue weighted by Crippen LogP contribution is -2.31. The Hall–Kier alpha value is -1.73. The van der Waals surface area contributed by atoms with Gasteiger partial charge in [0.15, 0.2) is 0 Å². The van der Waals surface area contributed by atoms with E-state index in [9.17, 15) is 9.90 Å². The van der Waals surface area contributed by atoms with E-state index in [1.807, 2.05) is 0 Å². The van der Waals surface area contributed by atoms with Crippen molar-refractivity contribution in [2.45, 2.75) is 82.5 Å². The predicted molar refractivity (Wildman–Crippen MR) is 104 cm³/mol. The summed E-state index contributed by atoms with van der Waals surface area (Å²) in [5.74, 6) is 1.27. The topological polar surface area (TPSA) is 110 Å². The van der Waals surface area contributed by atoms with E-state index in [0.29, 0.717) is 29.8 Å². The molecule has 1 aromatic rings. The Kier molecular flexibility index (Phi) is 7.01. The number of aliphatic hydroxyl groups excluding tert-OH is 1. The molecule has 2 aliphatic carbocycles. The summed E-state index contributed by atoms with van der Waals surface area (Å²) >= 11 is 0. The fourth-order valence-electron chi connectivity index (χ4n) is 4.34. The van der Waals surface area contributed by atoms with Crippen molar-refractivity contribution in [3.05, 3.63) is 17.6 Å². The number of anilines is 1. The van der Waals surface area contributed by atoms with Crippen LogP contribution in [0.3, 0.4) is 0 Å². The van der Waals surface area contributed by atoms with E-state index in [4.69, 9.17) is 10.5 Å². The molecule has 0 aromatic carbocycles. The van der Waals surface area contributed by atoms with Crippen LogP contribution in [0, 0.1) is 5.92 Å². The maximum Gasteiger partial charge on any atom is 0.254 e. The van der Waals surface area contributed by atoms with Gasteiger partial charge in [0, 0.05) is 25.8 Å². The van der Waals surface area contributed by atoms with Gasteiger partial charge in [0.25, 0.3) is 5.91 Å². The molecule has 1 aromatic heterocycles. The van der Waals surface area contributed by atoms with Gasteiger partial charge in [0.1, 0.15) is 11.6 Å². The zero-order valence-electron chi connectivity index (χ0n) is 16.2. The number of hydrogen-bond donors (Lipinski definition) is 3. The van der Waals surface area contributed by atoms with Gasteiger partial charge >= 0.3 is 0 Å². The third-order valence-corrected chi connectivity index (χ3v) is 5.93. The Balaban J connectivity index is 1.70. The molecule has 0 bridgehead atoms. The lowest BCUT2D eigenvalue weighted by atomic mass is 9.93. The number of nitrogens with zero attached hydrogens (tertiary/aromatic N) is 2. The van der Waals surface area contributed by atoms with Gasteiger partial charge in [0.05, 0.1) is 17.8 Å². The molecule has 4 atom stereocenters. The fourth-order valence-corrected chi connectivity index (χ4v) is 4.34. The van der Waals surface area contributed by atoms with E-state index in [0.717, 1.165) is 63.6 Å². The monoisotopic (exact) mass is 376 g/mol. The molecule has 0 radical (unpaired) electrons. The third kappa shape index (κ3) is 5.62. The largest absolute Gasteiger partial charge is 0.393 e. The molecular weight excluding hydrogens is 344 g/mol. The van der Waals surface area contributed by atoms with Crippen LogP contribution in [0.1, 0.15) is 74.0 Å². The first kappa shape index (κ1) is 20.0. The summed E-state index contributed by atoms with van der Waals surface area (Å²) in [7, 11) is 1.79. The first-order valence-electron chi connectivity index (χ1n) is 10.2. The highest BCUT2D eigenvalue weighted by Crippen LogP contribution is 2.28. The molecule has 1 heterocycles. The second-order valence-electron chi connectivity index (χ2n) is 8.01. The van der Waals surface area contributed by atoms with Gasteiger partial charge in [-0.05, 0) is 57.3 Å². The first-order chi connectivity index (χ1) is 13.0. The van der Waals surface area contributed by atoms with Gasteiger partial charge in [-0.25, -0.2) is 9.97 Å². The average molecular weight is 377 g/mol. The van der Waals surface area contributed by atoms with Crippen LogP contribution >= 0.6 is 0 Å². The smallest absolute Gasteiger partial charge is 0.254 e. The van der Waals surface area contributed by atoms with E-state index in [1.165, 1.54) is 0 Å². The number of rotatable bonds is 6. The van der Waals surface area contributed by atoms with Crippen LogP contribution in [-0.2, 0) is 11.2 Å². The standard InChI is InChI=1S/C20H32N4O3/c1-27-16-7-2-4-13(8-9-16)10-18-22-12-17(19(21)26)20(24-18)23-14-5-3-6-15(25)11-14/h12-16,25H,2-11H2,1H3,(H2,21,26)(H,22,23,24)/t13-,14-,15+,16-/m1/s1. The number of primary amides is 1. The van der Waals surface area contributed by atoms with Crippen molar-refractivity contribution in [3.63, 3.8) is 0 Å². The maximum absolute atomic E-state index is 11.8. The zero-order valence-corrected chi connectivity index (χ0v) is 16.2. The van der Waals surface area contributed by atoms with Crippen molar-refractivity contribution < 1.29 is 14.6 Å². The quantitative estimate of drug-likeness (QED) is 0.658. The van der Waals surface area contributed by atoms with Crippen molar-refractivity contribution in [2.24, 2.45) is 11.7 Å². The van der Waals surface area contributed by atoms with Crippen LogP contribution in [0.5, 0.6) is 0 Å². The summed E-state index contributed by atoms with van der Waals surface area (Å²) in [6, 6.07) is 0.106. The van der Waals surface area contributed by atoms with E-state index >= 15 is 0 Å². The highest BCUT2D eigenvalue weighted by atomic mass is 16.5. The second-order valence-corrected chi connectivity index (χ2v) is 8.01. The molecular formula is C20H32N4O3. The molecule has 7 heteroatoms. The second kappa shape index (κ2) is 9.46. The molecule has 3 rings (SSSR count). The summed E-state index contributed by atoms with van der Waals surface area (Å²) in [4.78, 5) is 20.8. The summed E-state index contributed by atoms with van der Waals surface area (Å²) in [5, 5.41) is 13.2. The number of hydrogen-bond acceptors (Lipinski definition) is 6. The Bertz CT molecular complexity index is 640. The van der Waals surface area contributed by atoms with E-state index in [-0.39, 0.29) is 12.1 Å². The van der Waals surface area contributed by atoms with Gasteiger partial charge in [-0.2, -0.15) is 0 Å². The minimum atomic E-state index is -0.530. The van der Waals surface area contributed by atoms with Crippen LogP contribution in [0.15, 0.2) is 6.20 Å².